The number of hydrogen-bond donors (Lipinski definition) is 3. The summed E-state index contributed by atoms with van der Waals surface area (Å²) < 4.78 is 4.81. The zero-order valence-corrected chi connectivity index (χ0v) is 9.64. The third-order valence-electron chi connectivity index (χ3n) is 2.82. The van der Waals surface area contributed by atoms with Crippen LogP contribution in [0.4, 0.5) is 0 Å². The summed E-state index contributed by atoms with van der Waals surface area (Å²) in [6.07, 6.45) is 0. The smallest absolute Gasteiger partial charge is 0.237 e. The number of ketones is 2. The van der Waals surface area contributed by atoms with Crippen LogP contribution in [0.2, 0.25) is 0 Å². The lowest BCUT2D eigenvalue weighted by Gasteiger charge is -2.19. The molecule has 0 aromatic heterocycles. The van der Waals surface area contributed by atoms with Crippen LogP contribution in [0.1, 0.15) is 22.8 Å². The molecule has 0 saturated carbocycles. The molecule has 0 spiro atoms. The maximum Gasteiger partial charge on any atom is 0.237 e. The first-order chi connectivity index (χ1) is 8.40. The van der Waals surface area contributed by atoms with Crippen LogP contribution in [0, 0.1) is 0 Å². The van der Waals surface area contributed by atoms with Gasteiger partial charge in [-0.15, -0.1) is 0 Å². The Morgan fingerprint density at radius 3 is 2.28 bits per heavy atom. The minimum absolute atomic E-state index is 0.0377. The highest BCUT2D eigenvalue weighted by Gasteiger charge is 2.35. The van der Waals surface area contributed by atoms with E-state index >= 15 is 0 Å². The SMILES string of the molecule is COc1c(O)c(O)cc2c1C(=O)C(=O)C(C)=C2O. The zero-order valence-electron chi connectivity index (χ0n) is 9.64. The third kappa shape index (κ3) is 1.35. The molecule has 1 aromatic carbocycles. The van der Waals surface area contributed by atoms with Gasteiger partial charge in [-0.1, -0.05) is 0 Å². The summed E-state index contributed by atoms with van der Waals surface area (Å²) in [5, 5.41) is 28.9. The summed E-state index contributed by atoms with van der Waals surface area (Å²) >= 11 is 0. The Hall–Kier alpha value is -2.50. The molecule has 3 N–H and O–H groups in total. The second-order valence-electron chi connectivity index (χ2n) is 3.83. The van der Waals surface area contributed by atoms with Crippen molar-refractivity contribution in [3.63, 3.8) is 0 Å². The molecule has 0 saturated heterocycles. The van der Waals surface area contributed by atoms with Crippen LogP contribution >= 0.6 is 0 Å². The van der Waals surface area contributed by atoms with E-state index in [1.807, 2.05) is 0 Å². The maximum absolute atomic E-state index is 11.8. The number of Topliss-reactive ketones (excluding diaryl/α,β-unsaturated/α-hetero) is 2. The fourth-order valence-electron chi connectivity index (χ4n) is 1.84. The van der Waals surface area contributed by atoms with Crippen molar-refractivity contribution >= 4 is 17.3 Å². The summed E-state index contributed by atoms with van der Waals surface area (Å²) in [6.45, 7) is 1.30. The number of methoxy groups -OCH3 is 1. The highest BCUT2D eigenvalue weighted by Crippen LogP contribution is 2.44. The number of carbonyl (C=O) groups excluding carboxylic acids is 2. The number of aliphatic hydroxyl groups is 1. The van der Waals surface area contributed by atoms with Crippen LogP contribution in [0.3, 0.4) is 0 Å². The molecule has 0 radical (unpaired) electrons. The summed E-state index contributed by atoms with van der Waals surface area (Å²) in [5.74, 6) is -3.71. The fourth-order valence-corrected chi connectivity index (χ4v) is 1.84. The molecule has 0 aliphatic heterocycles. The van der Waals surface area contributed by atoms with Crippen molar-refractivity contribution in [2.75, 3.05) is 7.11 Å². The highest BCUT2D eigenvalue weighted by molar-refractivity contribution is 6.52. The van der Waals surface area contributed by atoms with E-state index in [1.54, 1.807) is 0 Å². The van der Waals surface area contributed by atoms with E-state index in [1.165, 1.54) is 14.0 Å². The van der Waals surface area contributed by atoms with Gasteiger partial charge in [-0.3, -0.25) is 9.59 Å². The average Bonchev–Trinajstić information content (AvgIpc) is 2.36. The van der Waals surface area contributed by atoms with Crippen molar-refractivity contribution in [1.82, 2.24) is 0 Å². The predicted octanol–water partition coefficient (Wildman–Crippen LogP) is 1.16. The van der Waals surface area contributed by atoms with Crippen molar-refractivity contribution in [2.24, 2.45) is 0 Å². The molecule has 1 aliphatic rings. The van der Waals surface area contributed by atoms with Crippen molar-refractivity contribution in [1.29, 1.82) is 0 Å². The molecule has 0 amide bonds. The van der Waals surface area contributed by atoms with Crippen LogP contribution in [0.15, 0.2) is 11.6 Å². The van der Waals surface area contributed by atoms with Crippen molar-refractivity contribution in [3.8, 4) is 17.2 Å². The average molecular weight is 250 g/mol. The minimum Gasteiger partial charge on any atom is -0.507 e. The molecule has 0 unspecified atom stereocenters. The van der Waals surface area contributed by atoms with Gasteiger partial charge in [0.2, 0.25) is 17.3 Å². The fraction of sp³-hybridized carbons (Fsp3) is 0.167. The highest BCUT2D eigenvalue weighted by atomic mass is 16.5. The number of hydrogen-bond acceptors (Lipinski definition) is 6. The van der Waals surface area contributed by atoms with E-state index < -0.39 is 28.8 Å². The van der Waals surface area contributed by atoms with E-state index in [9.17, 15) is 24.9 Å². The standard InChI is InChI=1S/C12H10O6/c1-4-8(14)5-3-6(13)10(16)12(18-2)7(5)11(17)9(4)15/h3,13-14,16H,1-2H3. The lowest BCUT2D eigenvalue weighted by atomic mass is 9.88. The van der Waals surface area contributed by atoms with Gasteiger partial charge in [-0.2, -0.15) is 0 Å². The number of benzene rings is 1. The van der Waals surface area contributed by atoms with Crippen LogP contribution < -0.4 is 4.74 Å². The number of carbonyl (C=O) groups is 2. The maximum atomic E-state index is 11.8. The Labute approximate surface area is 102 Å². The largest absolute Gasteiger partial charge is 0.507 e. The van der Waals surface area contributed by atoms with Crippen LogP contribution in [-0.4, -0.2) is 34.0 Å². The summed E-state index contributed by atoms with van der Waals surface area (Å²) in [6, 6.07) is 1.01. The molecule has 0 heterocycles. The quantitative estimate of drug-likeness (QED) is 0.510. The van der Waals surface area contributed by atoms with Gasteiger partial charge >= 0.3 is 0 Å². The summed E-state index contributed by atoms with van der Waals surface area (Å²) in [7, 11) is 1.18. The van der Waals surface area contributed by atoms with Crippen molar-refractivity contribution < 1.29 is 29.6 Å². The lowest BCUT2D eigenvalue weighted by molar-refractivity contribution is -0.111. The van der Waals surface area contributed by atoms with Gasteiger partial charge in [0, 0.05) is 11.1 Å². The molecule has 2 rings (SSSR count). The first kappa shape index (κ1) is 12.0. The van der Waals surface area contributed by atoms with Gasteiger partial charge in [0.15, 0.2) is 11.5 Å². The Morgan fingerprint density at radius 1 is 1.11 bits per heavy atom. The Bertz CT molecular complexity index is 611. The van der Waals surface area contributed by atoms with Crippen molar-refractivity contribution in [2.45, 2.75) is 6.92 Å². The number of aliphatic hydroxyl groups excluding tert-OH is 1. The minimum atomic E-state index is -0.896. The lowest BCUT2D eigenvalue weighted by Crippen LogP contribution is -2.23. The van der Waals surface area contributed by atoms with Gasteiger partial charge in [-0.25, -0.2) is 0 Å². The van der Waals surface area contributed by atoms with E-state index in [2.05, 4.69) is 0 Å². The summed E-state index contributed by atoms with van der Waals surface area (Å²) in [5.41, 5.74) is -0.398. The van der Waals surface area contributed by atoms with E-state index in [0.717, 1.165) is 6.07 Å². The number of phenols is 2. The molecule has 1 aromatic rings. The van der Waals surface area contributed by atoms with Gasteiger partial charge in [0.25, 0.3) is 0 Å². The van der Waals surface area contributed by atoms with E-state index in [-0.39, 0.29) is 22.4 Å². The second-order valence-corrected chi connectivity index (χ2v) is 3.83. The number of fused-ring (bicyclic) bond motifs is 1. The van der Waals surface area contributed by atoms with Crippen molar-refractivity contribution in [3.05, 3.63) is 22.8 Å². The monoisotopic (exact) mass is 250 g/mol. The topological polar surface area (TPSA) is 104 Å². The normalized spacial score (nSPS) is 14.8. The molecule has 18 heavy (non-hydrogen) atoms. The predicted molar refractivity (Wildman–Crippen MR) is 60.9 cm³/mol. The van der Waals surface area contributed by atoms with Crippen LogP contribution in [-0.2, 0) is 4.79 Å². The first-order valence-corrected chi connectivity index (χ1v) is 5.02. The molecular formula is C12H10O6. The molecule has 94 valence electrons. The number of rotatable bonds is 1. The molecule has 1 aliphatic carbocycles. The number of allylic oxidation sites excluding steroid dienone is 1. The Kier molecular flexibility index (Phi) is 2.50. The molecule has 6 nitrogen and oxygen atoms in total. The third-order valence-corrected chi connectivity index (χ3v) is 2.82. The van der Waals surface area contributed by atoms with Gasteiger partial charge in [0.05, 0.1) is 12.7 Å². The van der Waals surface area contributed by atoms with Crippen LogP contribution in [0.25, 0.3) is 5.76 Å². The number of phenolic OH excluding ortho intramolecular Hbond substituents is 2. The number of aromatic hydroxyl groups is 2. The second kappa shape index (κ2) is 3.76. The van der Waals surface area contributed by atoms with Gasteiger partial charge in [0.1, 0.15) is 5.76 Å². The molecule has 6 heteroatoms. The molecule has 0 fully saturated rings. The Morgan fingerprint density at radius 2 is 1.72 bits per heavy atom. The Balaban J connectivity index is 2.91. The van der Waals surface area contributed by atoms with Gasteiger partial charge < -0.3 is 20.1 Å². The zero-order chi connectivity index (χ0) is 13.6. The molecular weight excluding hydrogens is 240 g/mol. The molecule has 0 bridgehead atoms. The summed E-state index contributed by atoms with van der Waals surface area (Å²) in [4.78, 5) is 23.4. The first-order valence-electron chi connectivity index (χ1n) is 5.02. The van der Waals surface area contributed by atoms with Gasteiger partial charge in [-0.05, 0) is 13.0 Å². The molecule has 0 atom stereocenters. The van der Waals surface area contributed by atoms with Crippen LogP contribution in [0.5, 0.6) is 17.2 Å². The van der Waals surface area contributed by atoms with E-state index in [4.69, 9.17) is 4.74 Å². The van der Waals surface area contributed by atoms with E-state index in [0.29, 0.717) is 0 Å². The number of ether oxygens (including phenoxy) is 1.